The first-order valence-electron chi connectivity index (χ1n) is 8.47. The second-order valence-electron chi connectivity index (χ2n) is 6.44. The molecule has 1 aliphatic heterocycles. The molecule has 1 amide bonds. The summed E-state index contributed by atoms with van der Waals surface area (Å²) in [4.78, 5) is 22.3. The lowest BCUT2D eigenvalue weighted by molar-refractivity contribution is 0.0765. The number of amides is 1. The Balaban J connectivity index is 1.41. The first-order valence-corrected chi connectivity index (χ1v) is 8.47. The van der Waals surface area contributed by atoms with Crippen molar-refractivity contribution in [3.63, 3.8) is 0 Å². The molecule has 6 heteroatoms. The fourth-order valence-electron chi connectivity index (χ4n) is 3.31. The molecule has 0 fully saturated rings. The highest BCUT2D eigenvalue weighted by Gasteiger charge is 2.28. The minimum absolute atomic E-state index is 0.116. The lowest BCUT2D eigenvalue weighted by atomic mass is 10.1. The van der Waals surface area contributed by atoms with Gasteiger partial charge in [0.2, 0.25) is 0 Å². The SMILES string of the molecule is O=C1c2cccnc2CN1Cc1ccc(-c2c#cc3cncn3c2)cc1F. The van der Waals surface area contributed by atoms with E-state index in [0.29, 0.717) is 23.2 Å². The lowest BCUT2D eigenvalue weighted by Crippen LogP contribution is -2.23. The summed E-state index contributed by atoms with van der Waals surface area (Å²) in [5, 5.41) is 0. The summed E-state index contributed by atoms with van der Waals surface area (Å²) in [6.07, 6.45) is 6.84. The van der Waals surface area contributed by atoms with Crippen molar-refractivity contribution >= 4 is 11.4 Å². The Hall–Kier alpha value is -3.72. The number of pyridine rings is 1. The van der Waals surface area contributed by atoms with Crippen LogP contribution in [0, 0.1) is 17.9 Å². The van der Waals surface area contributed by atoms with Crippen molar-refractivity contribution in [1.82, 2.24) is 19.3 Å². The predicted molar refractivity (Wildman–Crippen MR) is 96.1 cm³/mol. The van der Waals surface area contributed by atoms with E-state index in [4.69, 9.17) is 0 Å². The smallest absolute Gasteiger partial charge is 0.256 e. The minimum atomic E-state index is -0.358. The normalized spacial score (nSPS) is 13.1. The van der Waals surface area contributed by atoms with Crippen LogP contribution in [0.15, 0.2) is 55.2 Å². The number of aromatic nitrogens is 3. The van der Waals surface area contributed by atoms with Crippen LogP contribution in [-0.4, -0.2) is 25.2 Å². The number of nitrogens with zero attached hydrogens (tertiary/aromatic N) is 4. The molecule has 1 aromatic carbocycles. The summed E-state index contributed by atoms with van der Waals surface area (Å²) >= 11 is 0. The molecule has 0 saturated carbocycles. The van der Waals surface area contributed by atoms with Crippen LogP contribution in [0.4, 0.5) is 4.39 Å². The second kappa shape index (κ2) is 5.92. The molecule has 27 heavy (non-hydrogen) atoms. The number of benzene rings is 1. The molecule has 4 heterocycles. The van der Waals surface area contributed by atoms with E-state index in [9.17, 15) is 9.18 Å². The second-order valence-corrected chi connectivity index (χ2v) is 6.44. The largest absolute Gasteiger partial charge is 0.328 e. The Morgan fingerprint density at radius 1 is 1.22 bits per heavy atom. The molecule has 0 atom stereocenters. The molecule has 0 radical (unpaired) electrons. The summed E-state index contributed by atoms with van der Waals surface area (Å²) < 4.78 is 16.5. The first kappa shape index (κ1) is 15.5. The van der Waals surface area contributed by atoms with E-state index >= 15 is 0 Å². The molecule has 0 N–H and O–H groups in total. The average Bonchev–Trinajstić information content (AvgIpc) is 3.28. The minimum Gasteiger partial charge on any atom is -0.328 e. The van der Waals surface area contributed by atoms with E-state index in [2.05, 4.69) is 22.1 Å². The van der Waals surface area contributed by atoms with E-state index in [1.54, 1.807) is 41.8 Å². The van der Waals surface area contributed by atoms with Gasteiger partial charge in [-0.3, -0.25) is 14.2 Å². The molecular formula is C21H13FN4O. The van der Waals surface area contributed by atoms with Crippen molar-refractivity contribution in [2.45, 2.75) is 13.1 Å². The van der Waals surface area contributed by atoms with Gasteiger partial charge in [-0.05, 0) is 29.8 Å². The summed E-state index contributed by atoms with van der Waals surface area (Å²) in [6.45, 7) is 0.605. The van der Waals surface area contributed by atoms with Crippen molar-refractivity contribution in [2.24, 2.45) is 0 Å². The number of carbonyl (C=O) groups is 1. The van der Waals surface area contributed by atoms with E-state index in [1.165, 1.54) is 6.07 Å². The van der Waals surface area contributed by atoms with Gasteiger partial charge in [-0.2, -0.15) is 0 Å². The third kappa shape index (κ3) is 2.61. The van der Waals surface area contributed by atoms with Crippen LogP contribution in [0.5, 0.6) is 0 Å². The average molecular weight is 356 g/mol. The third-order valence-corrected chi connectivity index (χ3v) is 4.73. The van der Waals surface area contributed by atoms with Gasteiger partial charge in [-0.25, -0.2) is 9.37 Å². The van der Waals surface area contributed by atoms with E-state index in [0.717, 1.165) is 16.8 Å². The Kier molecular flexibility index (Phi) is 3.41. The van der Waals surface area contributed by atoms with E-state index in [-0.39, 0.29) is 18.3 Å². The molecular weight excluding hydrogens is 343 g/mol. The molecule has 0 aliphatic carbocycles. The predicted octanol–water partition coefficient (Wildman–Crippen LogP) is 3.29. The van der Waals surface area contributed by atoms with Crippen molar-refractivity contribution in [3.05, 3.63) is 90.0 Å². The maximum Gasteiger partial charge on any atom is 0.256 e. The van der Waals surface area contributed by atoms with Crippen LogP contribution in [0.3, 0.4) is 0 Å². The summed E-state index contributed by atoms with van der Waals surface area (Å²) in [5.41, 5.74) is 4.01. The Labute approximate surface area is 154 Å². The summed E-state index contributed by atoms with van der Waals surface area (Å²) in [5.74, 6) is -0.474. The topological polar surface area (TPSA) is 50.5 Å². The Bertz CT molecular complexity index is 1180. The van der Waals surface area contributed by atoms with Gasteiger partial charge < -0.3 is 4.90 Å². The van der Waals surface area contributed by atoms with Crippen LogP contribution in [0.25, 0.3) is 16.6 Å². The van der Waals surface area contributed by atoms with Crippen molar-refractivity contribution in [1.29, 1.82) is 0 Å². The van der Waals surface area contributed by atoms with Crippen molar-refractivity contribution in [3.8, 4) is 11.1 Å². The monoisotopic (exact) mass is 356 g/mol. The molecule has 4 aromatic rings. The number of hydrogen-bond acceptors (Lipinski definition) is 3. The molecule has 1 aliphatic rings. The molecule has 0 bridgehead atoms. The standard InChI is InChI=1S/C21H13FN4O/c22-19-8-14(15-5-6-17-9-23-13-26(17)10-15)3-4-16(19)11-25-12-20-18(21(25)27)2-1-7-24-20/h1-4,7-10,13H,11-12H2. The van der Waals surface area contributed by atoms with Crippen LogP contribution in [0.1, 0.15) is 21.6 Å². The fraction of sp³-hybridized carbons (Fsp3) is 0.0952. The molecule has 5 nitrogen and oxygen atoms in total. The zero-order chi connectivity index (χ0) is 18.4. The Morgan fingerprint density at radius 2 is 2.15 bits per heavy atom. The van der Waals surface area contributed by atoms with Gasteiger partial charge >= 0.3 is 0 Å². The number of fused-ring (bicyclic) bond motifs is 2. The van der Waals surface area contributed by atoms with Gasteiger partial charge in [0.25, 0.3) is 5.91 Å². The van der Waals surface area contributed by atoms with Gasteiger partial charge in [0, 0.05) is 30.1 Å². The molecule has 130 valence electrons. The van der Waals surface area contributed by atoms with E-state index < -0.39 is 0 Å². The van der Waals surface area contributed by atoms with Crippen LogP contribution in [-0.2, 0) is 13.1 Å². The quantitative estimate of drug-likeness (QED) is 0.566. The summed E-state index contributed by atoms with van der Waals surface area (Å²) in [7, 11) is 0. The highest BCUT2D eigenvalue weighted by molar-refractivity contribution is 5.97. The molecule has 3 aromatic heterocycles. The summed E-state index contributed by atoms with van der Waals surface area (Å²) in [6, 6.07) is 14.5. The van der Waals surface area contributed by atoms with Crippen molar-refractivity contribution in [2.75, 3.05) is 0 Å². The molecule has 0 saturated heterocycles. The first-order chi connectivity index (χ1) is 13.2. The molecule has 0 unspecified atom stereocenters. The van der Waals surface area contributed by atoms with E-state index in [1.807, 2.05) is 16.7 Å². The van der Waals surface area contributed by atoms with Gasteiger partial charge in [0.05, 0.1) is 30.3 Å². The van der Waals surface area contributed by atoms with Gasteiger partial charge in [0.15, 0.2) is 0 Å². The maximum absolute atomic E-state index is 14.7. The number of hydrogen-bond donors (Lipinski definition) is 0. The van der Waals surface area contributed by atoms with Gasteiger partial charge in [0.1, 0.15) is 11.3 Å². The zero-order valence-electron chi connectivity index (χ0n) is 14.2. The van der Waals surface area contributed by atoms with Crippen LogP contribution >= 0.6 is 0 Å². The number of rotatable bonds is 3. The number of imidazole rings is 1. The Morgan fingerprint density at radius 3 is 3.00 bits per heavy atom. The highest BCUT2D eigenvalue weighted by Crippen LogP contribution is 2.25. The lowest BCUT2D eigenvalue weighted by Gasteiger charge is -2.16. The molecule has 5 rings (SSSR count). The third-order valence-electron chi connectivity index (χ3n) is 4.73. The zero-order valence-corrected chi connectivity index (χ0v) is 14.2. The molecule has 0 spiro atoms. The fourth-order valence-corrected chi connectivity index (χ4v) is 3.31. The maximum atomic E-state index is 14.7. The number of halogens is 1. The highest BCUT2D eigenvalue weighted by atomic mass is 19.1. The van der Waals surface area contributed by atoms with Crippen LogP contribution in [0.2, 0.25) is 0 Å². The van der Waals surface area contributed by atoms with Crippen molar-refractivity contribution < 1.29 is 9.18 Å². The van der Waals surface area contributed by atoms with Gasteiger partial charge in [-0.1, -0.05) is 18.2 Å². The van der Waals surface area contributed by atoms with Gasteiger partial charge in [-0.15, -0.1) is 0 Å². The van der Waals surface area contributed by atoms with Crippen LogP contribution < -0.4 is 0 Å². The number of carbonyl (C=O) groups excluding carboxylic acids is 1.